The van der Waals surface area contributed by atoms with E-state index in [0.717, 1.165) is 0 Å². The molecule has 156 valence electrons. The van der Waals surface area contributed by atoms with Crippen molar-refractivity contribution in [1.29, 1.82) is 0 Å². The summed E-state index contributed by atoms with van der Waals surface area (Å²) in [6.07, 6.45) is 1.64. The van der Waals surface area contributed by atoms with Gasteiger partial charge < -0.3 is 0 Å². The van der Waals surface area contributed by atoms with Crippen LogP contribution >= 0.6 is 0 Å². The fourth-order valence-electron chi connectivity index (χ4n) is 2.99. The second kappa shape index (κ2) is 7.37. The molecule has 0 amide bonds. The average Bonchev–Trinajstić information content (AvgIpc) is 3.18. The Hall–Kier alpha value is -3.54. The van der Waals surface area contributed by atoms with Crippen LogP contribution in [0.2, 0.25) is 0 Å². The maximum absolute atomic E-state index is 12.6. The smallest absolute Gasteiger partial charge is 0.294 e. The number of rotatable bonds is 3. The molecule has 3 rings (SSSR count). The molecule has 0 aliphatic heterocycles. The molecule has 0 fully saturated rings. The summed E-state index contributed by atoms with van der Waals surface area (Å²) in [6.45, 7) is 19.6. The van der Waals surface area contributed by atoms with Crippen LogP contribution < -0.4 is 5.56 Å². The van der Waals surface area contributed by atoms with Crippen LogP contribution in [0.15, 0.2) is 39.4 Å². The van der Waals surface area contributed by atoms with E-state index in [-0.39, 0.29) is 27.9 Å². The molecule has 0 spiro atoms. The van der Waals surface area contributed by atoms with Crippen molar-refractivity contribution in [2.24, 2.45) is 17.3 Å². The fourth-order valence-corrected chi connectivity index (χ4v) is 2.99. The maximum atomic E-state index is 12.6. The van der Waals surface area contributed by atoms with Gasteiger partial charge in [0.25, 0.3) is 11.2 Å². The molecule has 9 nitrogen and oxygen atoms in total. The van der Waals surface area contributed by atoms with Crippen molar-refractivity contribution in [1.82, 2.24) is 24.5 Å². The Morgan fingerprint density at radius 1 is 1.10 bits per heavy atom. The van der Waals surface area contributed by atoms with Crippen molar-refractivity contribution < 1.29 is 0 Å². The molecule has 3 heterocycles. The van der Waals surface area contributed by atoms with E-state index in [2.05, 4.69) is 30.3 Å². The van der Waals surface area contributed by atoms with Gasteiger partial charge in [-0.25, -0.2) is 14.5 Å². The van der Waals surface area contributed by atoms with Crippen LogP contribution in [0.1, 0.15) is 52.9 Å². The lowest BCUT2D eigenvalue weighted by molar-refractivity contribution is 0.552. The minimum Gasteiger partial charge on any atom is -0.297 e. The second-order valence-corrected chi connectivity index (χ2v) is 9.13. The lowest BCUT2D eigenvalue weighted by Gasteiger charge is -2.16. The van der Waals surface area contributed by atoms with Gasteiger partial charge in [-0.3, -0.25) is 14.6 Å². The number of aromatic nitrogens is 5. The van der Waals surface area contributed by atoms with Crippen molar-refractivity contribution in [3.8, 4) is 5.82 Å². The molecule has 1 N–H and O–H groups in total. The zero-order valence-electron chi connectivity index (χ0n) is 18.3. The Kier molecular flexibility index (Phi) is 5.20. The van der Waals surface area contributed by atoms with Gasteiger partial charge in [0.1, 0.15) is 0 Å². The number of hydrogen-bond donors (Lipinski definition) is 1. The van der Waals surface area contributed by atoms with Gasteiger partial charge in [-0.05, 0) is 17.5 Å². The van der Waals surface area contributed by atoms with E-state index >= 15 is 0 Å². The van der Waals surface area contributed by atoms with E-state index in [1.165, 1.54) is 9.36 Å². The van der Waals surface area contributed by atoms with E-state index in [9.17, 15) is 4.79 Å². The number of pyridine rings is 1. The predicted octanol–water partition coefficient (Wildman–Crippen LogP) is 4.86. The van der Waals surface area contributed by atoms with Crippen LogP contribution in [0.25, 0.3) is 10.7 Å². The number of nitrogens with zero attached hydrogens (tertiary/aromatic N) is 7. The first-order chi connectivity index (χ1) is 13.9. The molecule has 3 aromatic rings. The van der Waals surface area contributed by atoms with Gasteiger partial charge >= 0.3 is 0 Å². The summed E-state index contributed by atoms with van der Waals surface area (Å²) < 4.78 is 2.88. The molecule has 0 atom stereocenters. The van der Waals surface area contributed by atoms with E-state index < -0.39 is 0 Å². The summed E-state index contributed by atoms with van der Waals surface area (Å²) in [7, 11) is 1.64. The highest BCUT2D eigenvalue weighted by molar-refractivity contribution is 5.69. The zero-order chi connectivity index (χ0) is 22.3. The number of hydrogen-bond acceptors (Lipinski definition) is 5. The SMILES string of the molecule is [C-]#[N+]c1c(C(C)(C)C)nn(-c2ccccn2)c1N=Nc1c(C(C)(C)C)[nH]n(C)c1=O. The number of nitrogens with one attached hydrogen (secondary N) is 1. The summed E-state index contributed by atoms with van der Waals surface area (Å²) in [6, 6.07) is 5.41. The molecule has 0 aliphatic carbocycles. The highest BCUT2D eigenvalue weighted by Crippen LogP contribution is 2.40. The summed E-state index contributed by atoms with van der Waals surface area (Å²) in [5.74, 6) is 0.765. The van der Waals surface area contributed by atoms with Crippen molar-refractivity contribution in [2.75, 3.05) is 0 Å². The molecular formula is C21H26N8O. The molecule has 0 radical (unpaired) electrons. The molecule has 0 unspecified atom stereocenters. The lowest BCUT2D eigenvalue weighted by atomic mass is 9.91. The quantitative estimate of drug-likeness (QED) is 0.497. The van der Waals surface area contributed by atoms with E-state index in [1.807, 2.05) is 47.6 Å². The van der Waals surface area contributed by atoms with Gasteiger partial charge in [0.15, 0.2) is 17.3 Å². The predicted molar refractivity (Wildman–Crippen MR) is 115 cm³/mol. The molecule has 0 saturated carbocycles. The zero-order valence-corrected chi connectivity index (χ0v) is 18.3. The largest absolute Gasteiger partial charge is 0.297 e. The normalized spacial score (nSPS) is 12.5. The van der Waals surface area contributed by atoms with Gasteiger partial charge in [-0.2, -0.15) is 5.10 Å². The van der Waals surface area contributed by atoms with Crippen molar-refractivity contribution in [3.05, 3.63) is 57.6 Å². The molecule has 0 saturated heterocycles. The van der Waals surface area contributed by atoms with Gasteiger partial charge in [-0.15, -0.1) is 10.2 Å². The fraction of sp³-hybridized carbons (Fsp3) is 0.429. The van der Waals surface area contributed by atoms with Crippen LogP contribution in [0, 0.1) is 6.57 Å². The summed E-state index contributed by atoms with van der Waals surface area (Å²) >= 11 is 0. The first kappa shape index (κ1) is 21.2. The van der Waals surface area contributed by atoms with Gasteiger partial charge in [-0.1, -0.05) is 47.6 Å². The first-order valence-corrected chi connectivity index (χ1v) is 9.58. The number of aryl methyl sites for hydroxylation is 1. The van der Waals surface area contributed by atoms with E-state index in [4.69, 9.17) is 6.57 Å². The highest BCUT2D eigenvalue weighted by atomic mass is 16.1. The standard InChI is InChI=1S/C21H26N8O/c1-20(2,3)16-14(22-7)18(29(27-16)13-11-9-10-12-23-13)25-24-15-17(21(4,5)6)26-28(8)19(15)30/h9-12,26H,1-6,8H3. The van der Waals surface area contributed by atoms with Crippen LogP contribution in [0.3, 0.4) is 0 Å². The Labute approximate surface area is 175 Å². The average molecular weight is 406 g/mol. The lowest BCUT2D eigenvalue weighted by Crippen LogP contribution is -2.13. The van der Waals surface area contributed by atoms with Crippen molar-refractivity contribution in [2.45, 2.75) is 52.4 Å². The summed E-state index contributed by atoms with van der Waals surface area (Å²) in [5.41, 5.74) is 0.764. The third kappa shape index (κ3) is 3.81. The monoisotopic (exact) mass is 406 g/mol. The van der Waals surface area contributed by atoms with Crippen molar-refractivity contribution >= 4 is 17.2 Å². The van der Waals surface area contributed by atoms with Crippen molar-refractivity contribution in [3.63, 3.8) is 0 Å². The number of azo groups is 1. The maximum Gasteiger partial charge on any atom is 0.294 e. The van der Waals surface area contributed by atoms with Gasteiger partial charge in [0, 0.05) is 18.7 Å². The van der Waals surface area contributed by atoms with Gasteiger partial charge in [0.05, 0.1) is 18.0 Å². The van der Waals surface area contributed by atoms with E-state index in [0.29, 0.717) is 22.9 Å². The molecule has 0 bridgehead atoms. The van der Waals surface area contributed by atoms with Crippen LogP contribution in [-0.4, -0.2) is 24.5 Å². The minimum absolute atomic E-state index is 0.215. The molecular weight excluding hydrogens is 380 g/mol. The Bertz CT molecular complexity index is 1190. The number of H-pyrrole nitrogens is 1. The van der Waals surface area contributed by atoms with Crippen LogP contribution in [0.4, 0.5) is 17.2 Å². The minimum atomic E-state index is -0.384. The first-order valence-electron chi connectivity index (χ1n) is 9.58. The Morgan fingerprint density at radius 2 is 1.80 bits per heavy atom. The summed E-state index contributed by atoms with van der Waals surface area (Å²) in [5, 5.41) is 16.3. The molecule has 0 aromatic carbocycles. The third-order valence-electron chi connectivity index (χ3n) is 4.54. The Balaban J connectivity index is 2.26. The second-order valence-electron chi connectivity index (χ2n) is 9.13. The number of aromatic amines is 1. The molecule has 3 aromatic heterocycles. The topological polar surface area (TPSA) is 97.6 Å². The molecule has 0 aliphatic rings. The van der Waals surface area contributed by atoms with Crippen LogP contribution in [-0.2, 0) is 17.9 Å². The molecule has 9 heteroatoms. The summed E-state index contributed by atoms with van der Waals surface area (Å²) in [4.78, 5) is 20.6. The highest BCUT2D eigenvalue weighted by Gasteiger charge is 2.29. The Morgan fingerprint density at radius 3 is 2.33 bits per heavy atom. The van der Waals surface area contributed by atoms with Gasteiger partial charge in [0.2, 0.25) is 0 Å². The third-order valence-corrected chi connectivity index (χ3v) is 4.54. The van der Waals surface area contributed by atoms with E-state index in [1.54, 1.807) is 25.4 Å². The van der Waals surface area contributed by atoms with Crippen LogP contribution in [0.5, 0.6) is 0 Å². The molecule has 30 heavy (non-hydrogen) atoms.